The van der Waals surface area contributed by atoms with E-state index in [1.807, 2.05) is 0 Å². The summed E-state index contributed by atoms with van der Waals surface area (Å²) < 4.78 is 0. The van der Waals surface area contributed by atoms with Crippen molar-refractivity contribution in [1.29, 1.82) is 0 Å². The third-order valence-electron chi connectivity index (χ3n) is 10.7. The van der Waals surface area contributed by atoms with E-state index < -0.39 is 0 Å². The summed E-state index contributed by atoms with van der Waals surface area (Å²) in [7, 11) is 0. The molecule has 4 heteroatoms. The maximum atomic E-state index is 2.48. The van der Waals surface area contributed by atoms with E-state index in [1.165, 1.54) is 66.7 Å². The van der Waals surface area contributed by atoms with Crippen molar-refractivity contribution in [1.82, 2.24) is 0 Å². The minimum atomic E-state index is 0.0644. The fourth-order valence-electron chi connectivity index (χ4n) is 8.42. The standard InChI is InChI=1S/C48H36BN3/c1-33-23-26-38(27-24-33)51-44-30-25-34(2)31-42(44)49-41-29-28-39(32-47(41)52(37-17-7-4-8-18-37)46-22-12-21-45(51)48(46)49)50(36-15-5-3-6-16-36)43-20-11-14-35-13-9-10-19-40(35)43/h3-32H,1-2H3. The van der Waals surface area contributed by atoms with Gasteiger partial charge < -0.3 is 14.7 Å². The monoisotopic (exact) mass is 665 g/mol. The van der Waals surface area contributed by atoms with Gasteiger partial charge in [0.15, 0.2) is 0 Å². The summed E-state index contributed by atoms with van der Waals surface area (Å²) in [5.41, 5.74) is 17.0. The van der Waals surface area contributed by atoms with Gasteiger partial charge in [-0.3, -0.25) is 0 Å². The first-order chi connectivity index (χ1) is 25.6. The number of anilines is 9. The lowest BCUT2D eigenvalue weighted by Gasteiger charge is -2.44. The van der Waals surface area contributed by atoms with E-state index >= 15 is 0 Å². The second-order valence-electron chi connectivity index (χ2n) is 14.0. The molecule has 3 nitrogen and oxygen atoms in total. The Balaban J connectivity index is 1.25. The largest absolute Gasteiger partial charge is 0.311 e. The van der Waals surface area contributed by atoms with Crippen LogP contribution in [0.15, 0.2) is 182 Å². The van der Waals surface area contributed by atoms with Crippen LogP contribution < -0.4 is 31.1 Å². The molecule has 0 unspecified atom stereocenters. The van der Waals surface area contributed by atoms with Crippen LogP contribution in [0, 0.1) is 13.8 Å². The Morgan fingerprint density at radius 2 is 1.06 bits per heavy atom. The summed E-state index contributed by atoms with van der Waals surface area (Å²) in [5, 5.41) is 2.44. The third kappa shape index (κ3) is 4.75. The maximum absolute atomic E-state index is 2.48. The summed E-state index contributed by atoms with van der Waals surface area (Å²) in [6.07, 6.45) is 0. The summed E-state index contributed by atoms with van der Waals surface area (Å²) in [6.45, 7) is 4.43. The first kappa shape index (κ1) is 30.3. The number of hydrogen-bond acceptors (Lipinski definition) is 3. The van der Waals surface area contributed by atoms with Crippen molar-refractivity contribution in [2.75, 3.05) is 14.7 Å². The van der Waals surface area contributed by atoms with Gasteiger partial charge in [0.2, 0.25) is 0 Å². The van der Waals surface area contributed by atoms with Crippen molar-refractivity contribution >= 4 is 85.1 Å². The van der Waals surface area contributed by atoms with Crippen LogP contribution in [-0.2, 0) is 0 Å². The molecule has 8 aromatic carbocycles. The quantitative estimate of drug-likeness (QED) is 0.169. The number of para-hydroxylation sites is 2. The highest BCUT2D eigenvalue weighted by Crippen LogP contribution is 2.46. The van der Waals surface area contributed by atoms with Crippen molar-refractivity contribution in [2.45, 2.75) is 13.8 Å². The molecule has 52 heavy (non-hydrogen) atoms. The van der Waals surface area contributed by atoms with Crippen LogP contribution in [0.1, 0.15) is 11.1 Å². The molecule has 0 atom stereocenters. The minimum absolute atomic E-state index is 0.0644. The van der Waals surface area contributed by atoms with Crippen LogP contribution >= 0.6 is 0 Å². The average molecular weight is 666 g/mol. The summed E-state index contributed by atoms with van der Waals surface area (Å²) >= 11 is 0. The number of benzene rings is 8. The molecule has 0 radical (unpaired) electrons. The molecule has 10 rings (SSSR count). The fraction of sp³-hybridized carbons (Fsp3) is 0.0417. The summed E-state index contributed by atoms with van der Waals surface area (Å²) in [6, 6.07) is 66.7. The molecule has 0 bridgehead atoms. The number of aryl methyl sites for hydroxylation is 2. The molecule has 0 N–H and O–H groups in total. The molecule has 2 aliphatic rings. The van der Waals surface area contributed by atoms with Crippen molar-refractivity contribution < 1.29 is 0 Å². The molecule has 8 aromatic rings. The zero-order valence-electron chi connectivity index (χ0n) is 29.2. The van der Waals surface area contributed by atoms with Gasteiger partial charge in [0, 0.05) is 50.9 Å². The van der Waals surface area contributed by atoms with Crippen LogP contribution in [0.25, 0.3) is 10.8 Å². The van der Waals surface area contributed by atoms with E-state index in [2.05, 4.69) is 211 Å². The van der Waals surface area contributed by atoms with Crippen LogP contribution in [0.5, 0.6) is 0 Å². The topological polar surface area (TPSA) is 9.72 Å². The zero-order chi connectivity index (χ0) is 34.8. The normalized spacial score (nSPS) is 12.7. The Morgan fingerprint density at radius 3 is 1.85 bits per heavy atom. The van der Waals surface area contributed by atoms with E-state index in [9.17, 15) is 0 Å². The Kier molecular flexibility index (Phi) is 7.04. The van der Waals surface area contributed by atoms with Gasteiger partial charge >= 0.3 is 0 Å². The highest BCUT2D eigenvalue weighted by Gasteiger charge is 2.43. The highest BCUT2D eigenvalue weighted by molar-refractivity contribution is 7.00. The highest BCUT2D eigenvalue weighted by atomic mass is 15.2. The first-order valence-corrected chi connectivity index (χ1v) is 18.1. The third-order valence-corrected chi connectivity index (χ3v) is 10.7. The van der Waals surface area contributed by atoms with Gasteiger partial charge in [-0.2, -0.15) is 0 Å². The van der Waals surface area contributed by atoms with Crippen LogP contribution in [-0.4, -0.2) is 6.71 Å². The molecule has 246 valence electrons. The van der Waals surface area contributed by atoms with Crippen LogP contribution in [0.3, 0.4) is 0 Å². The molecule has 0 fully saturated rings. The molecule has 0 saturated heterocycles. The molecule has 0 aromatic heterocycles. The first-order valence-electron chi connectivity index (χ1n) is 18.1. The summed E-state index contributed by atoms with van der Waals surface area (Å²) in [4.78, 5) is 7.36. The molecule has 0 aliphatic carbocycles. The Labute approximate surface area is 305 Å². The van der Waals surface area contributed by atoms with Crippen molar-refractivity contribution in [3.8, 4) is 0 Å². The molecule has 2 aliphatic heterocycles. The van der Waals surface area contributed by atoms with Crippen molar-refractivity contribution in [3.63, 3.8) is 0 Å². The molecule has 0 saturated carbocycles. The van der Waals surface area contributed by atoms with Gasteiger partial charge in [0.1, 0.15) is 0 Å². The molecule has 2 heterocycles. The van der Waals surface area contributed by atoms with Gasteiger partial charge in [0.25, 0.3) is 6.71 Å². The zero-order valence-corrected chi connectivity index (χ0v) is 29.2. The smallest absolute Gasteiger partial charge is 0.252 e. The number of hydrogen-bond donors (Lipinski definition) is 0. The Morgan fingerprint density at radius 1 is 0.423 bits per heavy atom. The lowest BCUT2D eigenvalue weighted by Crippen LogP contribution is -2.61. The van der Waals surface area contributed by atoms with E-state index in [4.69, 9.17) is 0 Å². The Bertz CT molecular complexity index is 2610. The van der Waals surface area contributed by atoms with Gasteiger partial charge in [-0.25, -0.2) is 0 Å². The second kappa shape index (κ2) is 12.1. The minimum Gasteiger partial charge on any atom is -0.311 e. The molecular weight excluding hydrogens is 629 g/mol. The maximum Gasteiger partial charge on any atom is 0.252 e. The summed E-state index contributed by atoms with van der Waals surface area (Å²) in [5.74, 6) is 0. The van der Waals surface area contributed by atoms with E-state index in [1.54, 1.807) is 0 Å². The van der Waals surface area contributed by atoms with E-state index in [-0.39, 0.29) is 6.71 Å². The predicted octanol–water partition coefficient (Wildman–Crippen LogP) is 11.0. The number of nitrogens with zero attached hydrogens (tertiary/aromatic N) is 3. The number of rotatable bonds is 5. The molecule has 0 amide bonds. The molecular formula is C48H36BN3. The van der Waals surface area contributed by atoms with E-state index in [0.29, 0.717) is 0 Å². The van der Waals surface area contributed by atoms with Gasteiger partial charge in [-0.1, -0.05) is 120 Å². The Hall–Kier alpha value is -6.52. The van der Waals surface area contributed by atoms with Gasteiger partial charge in [-0.05, 0) is 108 Å². The molecule has 0 spiro atoms. The van der Waals surface area contributed by atoms with Crippen molar-refractivity contribution in [3.05, 3.63) is 193 Å². The lowest BCUT2D eigenvalue weighted by atomic mass is 9.33. The van der Waals surface area contributed by atoms with Crippen LogP contribution in [0.4, 0.5) is 51.2 Å². The lowest BCUT2D eigenvalue weighted by molar-refractivity contribution is 1.24. The SMILES string of the molecule is Cc1ccc(N2c3ccc(C)cc3B3c4ccc(N(c5ccccc5)c5cccc6ccccc56)cc4N(c4ccccc4)c4cccc2c43)cc1. The fourth-order valence-corrected chi connectivity index (χ4v) is 8.42. The second-order valence-corrected chi connectivity index (χ2v) is 14.0. The number of fused-ring (bicyclic) bond motifs is 5. The predicted molar refractivity (Wildman–Crippen MR) is 222 cm³/mol. The van der Waals surface area contributed by atoms with Gasteiger partial charge in [-0.15, -0.1) is 0 Å². The van der Waals surface area contributed by atoms with E-state index in [0.717, 1.165) is 22.7 Å². The van der Waals surface area contributed by atoms with Crippen molar-refractivity contribution in [2.24, 2.45) is 0 Å². The van der Waals surface area contributed by atoms with Crippen LogP contribution in [0.2, 0.25) is 0 Å². The average Bonchev–Trinajstić information content (AvgIpc) is 3.19. The van der Waals surface area contributed by atoms with Gasteiger partial charge in [0.05, 0.1) is 5.69 Å².